The fourth-order valence-corrected chi connectivity index (χ4v) is 2.73. The largest absolute Gasteiger partial charge is 0.310 e. The van der Waals surface area contributed by atoms with Gasteiger partial charge in [-0.15, -0.1) is 0 Å². The lowest BCUT2D eigenvalue weighted by Gasteiger charge is -2.30. The average molecular weight is 268 g/mol. The van der Waals surface area contributed by atoms with Crippen molar-refractivity contribution in [3.05, 3.63) is 35.4 Å². The van der Waals surface area contributed by atoms with Gasteiger partial charge in [0.2, 0.25) is 0 Å². The van der Waals surface area contributed by atoms with Crippen LogP contribution in [0.2, 0.25) is 0 Å². The predicted octanol–water partition coefficient (Wildman–Crippen LogP) is 2.96. The number of hydrogen-bond donors (Lipinski definition) is 1. The third-order valence-electron chi connectivity index (χ3n) is 3.82. The highest BCUT2D eigenvalue weighted by Gasteiger charge is 2.18. The molecule has 106 valence electrons. The fraction of sp³-hybridized carbons (Fsp3) is 0.600. The number of hydrogen-bond acceptors (Lipinski definition) is 2. The van der Waals surface area contributed by atoms with Crippen LogP contribution in [0.25, 0.3) is 0 Å². The van der Waals surface area contributed by atoms with Crippen LogP contribution in [0.15, 0.2) is 18.2 Å². The van der Waals surface area contributed by atoms with Crippen molar-refractivity contribution in [1.29, 1.82) is 0 Å². The van der Waals surface area contributed by atoms with Crippen LogP contribution < -0.4 is 5.32 Å². The Kier molecular flexibility index (Phi) is 4.88. The quantitative estimate of drug-likeness (QED) is 0.903. The first-order valence-electron chi connectivity index (χ1n) is 6.92. The summed E-state index contributed by atoms with van der Waals surface area (Å²) in [5.41, 5.74) is 0.668. The van der Waals surface area contributed by atoms with E-state index in [0.29, 0.717) is 11.5 Å². The minimum Gasteiger partial charge on any atom is -0.310 e. The summed E-state index contributed by atoms with van der Waals surface area (Å²) in [6, 6.07) is 3.67. The smallest absolute Gasteiger partial charge is 0.126 e. The molecule has 0 aromatic heterocycles. The maximum absolute atomic E-state index is 13.2. The standard InChI is InChI=1S/C15H22F2N2/c1-11(13-6-14(16)8-15(17)7-13)18-9-12-4-3-5-19(2)10-12/h6-8,11-12,18H,3-5,9-10H2,1-2H3. The molecule has 1 fully saturated rings. The second-order valence-corrected chi connectivity index (χ2v) is 5.60. The first-order chi connectivity index (χ1) is 9.04. The van der Waals surface area contributed by atoms with Crippen LogP contribution in [-0.4, -0.2) is 31.6 Å². The lowest BCUT2D eigenvalue weighted by molar-refractivity contribution is 0.203. The molecule has 0 aliphatic carbocycles. The number of likely N-dealkylation sites (tertiary alicyclic amines) is 1. The Morgan fingerprint density at radius 2 is 2.00 bits per heavy atom. The fourth-order valence-electron chi connectivity index (χ4n) is 2.73. The average Bonchev–Trinajstić information content (AvgIpc) is 2.35. The molecule has 1 aromatic carbocycles. The second-order valence-electron chi connectivity index (χ2n) is 5.60. The van der Waals surface area contributed by atoms with Gasteiger partial charge in [-0.05, 0) is 63.5 Å². The number of benzene rings is 1. The summed E-state index contributed by atoms with van der Waals surface area (Å²) < 4.78 is 26.3. The van der Waals surface area contributed by atoms with E-state index < -0.39 is 11.6 Å². The van der Waals surface area contributed by atoms with Gasteiger partial charge in [0.05, 0.1) is 0 Å². The summed E-state index contributed by atoms with van der Waals surface area (Å²) in [5, 5.41) is 3.38. The third kappa shape index (κ3) is 4.25. The van der Waals surface area contributed by atoms with Gasteiger partial charge in [-0.3, -0.25) is 0 Å². The Hall–Kier alpha value is -1.00. The first kappa shape index (κ1) is 14.4. The van der Waals surface area contributed by atoms with E-state index in [1.807, 2.05) is 6.92 Å². The zero-order valence-corrected chi connectivity index (χ0v) is 11.6. The number of rotatable bonds is 4. The minimum atomic E-state index is -0.513. The number of nitrogens with one attached hydrogen (secondary N) is 1. The normalized spacial score (nSPS) is 22.4. The van der Waals surface area contributed by atoms with E-state index in [4.69, 9.17) is 0 Å². The first-order valence-corrected chi connectivity index (χ1v) is 6.92. The van der Waals surface area contributed by atoms with Gasteiger partial charge in [0.1, 0.15) is 11.6 Å². The lowest BCUT2D eigenvalue weighted by Crippen LogP contribution is -2.38. The number of nitrogens with zero attached hydrogens (tertiary/aromatic N) is 1. The Balaban J connectivity index is 1.88. The van der Waals surface area contributed by atoms with Crippen molar-refractivity contribution >= 4 is 0 Å². The van der Waals surface area contributed by atoms with Crippen molar-refractivity contribution in [3.63, 3.8) is 0 Å². The number of halogens is 2. The third-order valence-corrected chi connectivity index (χ3v) is 3.82. The summed E-state index contributed by atoms with van der Waals surface area (Å²) >= 11 is 0. The Bertz CT molecular complexity index is 402. The van der Waals surface area contributed by atoms with Crippen molar-refractivity contribution in [2.45, 2.75) is 25.8 Å². The Morgan fingerprint density at radius 1 is 1.32 bits per heavy atom. The van der Waals surface area contributed by atoms with Crippen LogP contribution >= 0.6 is 0 Å². The molecule has 0 spiro atoms. The monoisotopic (exact) mass is 268 g/mol. The maximum atomic E-state index is 13.2. The van der Waals surface area contributed by atoms with Crippen LogP contribution in [0, 0.1) is 17.6 Å². The van der Waals surface area contributed by atoms with Crippen LogP contribution in [-0.2, 0) is 0 Å². The molecular formula is C15H22F2N2. The molecule has 2 nitrogen and oxygen atoms in total. The van der Waals surface area contributed by atoms with Gasteiger partial charge >= 0.3 is 0 Å². The van der Waals surface area contributed by atoms with Crippen molar-refractivity contribution in [3.8, 4) is 0 Å². The highest BCUT2D eigenvalue weighted by atomic mass is 19.1. The number of piperidine rings is 1. The van der Waals surface area contributed by atoms with E-state index >= 15 is 0 Å². The summed E-state index contributed by atoms with van der Waals surface area (Å²) in [5.74, 6) is -0.401. The van der Waals surface area contributed by atoms with Crippen molar-refractivity contribution < 1.29 is 8.78 Å². The molecule has 0 saturated carbocycles. The highest BCUT2D eigenvalue weighted by molar-refractivity contribution is 5.20. The Morgan fingerprint density at radius 3 is 2.63 bits per heavy atom. The van der Waals surface area contributed by atoms with Crippen LogP contribution in [0.5, 0.6) is 0 Å². The molecule has 0 bridgehead atoms. The molecule has 0 radical (unpaired) electrons. The molecule has 2 atom stereocenters. The van der Waals surface area contributed by atoms with Gasteiger partial charge < -0.3 is 10.2 Å². The van der Waals surface area contributed by atoms with Gasteiger partial charge in [0.25, 0.3) is 0 Å². The van der Waals surface area contributed by atoms with Crippen LogP contribution in [0.1, 0.15) is 31.4 Å². The zero-order chi connectivity index (χ0) is 13.8. The van der Waals surface area contributed by atoms with E-state index in [1.165, 1.54) is 31.5 Å². The van der Waals surface area contributed by atoms with Gasteiger partial charge in [-0.25, -0.2) is 8.78 Å². The molecule has 0 amide bonds. The van der Waals surface area contributed by atoms with Crippen LogP contribution in [0.3, 0.4) is 0 Å². The molecule has 19 heavy (non-hydrogen) atoms. The van der Waals surface area contributed by atoms with E-state index in [9.17, 15) is 8.78 Å². The van der Waals surface area contributed by atoms with Crippen molar-refractivity contribution in [2.75, 3.05) is 26.7 Å². The summed E-state index contributed by atoms with van der Waals surface area (Å²) in [7, 11) is 2.14. The minimum absolute atomic E-state index is 0.0302. The molecule has 1 saturated heterocycles. The van der Waals surface area contributed by atoms with Crippen LogP contribution in [0.4, 0.5) is 8.78 Å². The topological polar surface area (TPSA) is 15.3 Å². The lowest BCUT2D eigenvalue weighted by atomic mass is 9.97. The van der Waals surface area contributed by atoms with Gasteiger partial charge in [0, 0.05) is 18.7 Å². The molecular weight excluding hydrogens is 246 g/mol. The summed E-state index contributed by atoms with van der Waals surface area (Å²) in [6.07, 6.45) is 2.45. The summed E-state index contributed by atoms with van der Waals surface area (Å²) in [4.78, 5) is 2.34. The molecule has 4 heteroatoms. The van der Waals surface area contributed by atoms with Gasteiger partial charge in [-0.2, -0.15) is 0 Å². The van der Waals surface area contributed by atoms with Gasteiger partial charge in [-0.1, -0.05) is 0 Å². The second kappa shape index (κ2) is 6.44. The van der Waals surface area contributed by atoms with E-state index in [2.05, 4.69) is 17.3 Å². The van der Waals surface area contributed by atoms with Crippen molar-refractivity contribution in [1.82, 2.24) is 10.2 Å². The van der Waals surface area contributed by atoms with Crippen molar-refractivity contribution in [2.24, 2.45) is 5.92 Å². The van der Waals surface area contributed by atoms with E-state index in [-0.39, 0.29) is 6.04 Å². The molecule has 1 aliphatic heterocycles. The molecule has 2 unspecified atom stereocenters. The summed E-state index contributed by atoms with van der Waals surface area (Å²) in [6.45, 7) is 5.10. The zero-order valence-electron chi connectivity index (χ0n) is 11.6. The molecule has 2 rings (SSSR count). The highest BCUT2D eigenvalue weighted by Crippen LogP contribution is 2.18. The Labute approximate surface area is 113 Å². The SMILES string of the molecule is CC(NCC1CCCN(C)C1)c1cc(F)cc(F)c1. The predicted molar refractivity (Wildman–Crippen MR) is 73.0 cm³/mol. The van der Waals surface area contributed by atoms with Gasteiger partial charge in [0.15, 0.2) is 0 Å². The maximum Gasteiger partial charge on any atom is 0.126 e. The van der Waals surface area contributed by atoms with E-state index in [0.717, 1.165) is 19.2 Å². The molecule has 1 heterocycles. The van der Waals surface area contributed by atoms with E-state index in [1.54, 1.807) is 0 Å². The molecule has 1 aromatic rings. The molecule has 1 N–H and O–H groups in total. The molecule has 1 aliphatic rings.